The van der Waals surface area contributed by atoms with Crippen LogP contribution in [0.5, 0.6) is 0 Å². The Morgan fingerprint density at radius 1 is 1.00 bits per heavy atom. The number of pyridine rings is 1. The van der Waals surface area contributed by atoms with Crippen molar-refractivity contribution >= 4 is 23.4 Å². The summed E-state index contributed by atoms with van der Waals surface area (Å²) in [5.41, 5.74) is 3.84. The summed E-state index contributed by atoms with van der Waals surface area (Å²) in [5.74, 6) is -0.381. The highest BCUT2D eigenvalue weighted by Crippen LogP contribution is 2.25. The van der Waals surface area contributed by atoms with Gasteiger partial charge in [0.15, 0.2) is 0 Å². The standard InChI is InChI=1S/C28H30N6O3/c1-2-11-33-12-14-34(15-13-33)19-20-16-23(17-29)26(30-18-20)21-7-9-22(10-8-21)27(35)31-24-5-3-4-6-25(24)32-28(36)37/h3-10,16,18,32H,2,11-15,19H2,1H3,(H,31,35)(H,36,37). The van der Waals surface area contributed by atoms with Crippen LogP contribution in [-0.4, -0.2) is 64.6 Å². The average Bonchev–Trinajstić information content (AvgIpc) is 2.91. The van der Waals surface area contributed by atoms with Crippen LogP contribution in [0.4, 0.5) is 16.2 Å². The van der Waals surface area contributed by atoms with Crippen LogP contribution in [-0.2, 0) is 6.54 Å². The Hall–Kier alpha value is -4.26. The van der Waals surface area contributed by atoms with E-state index < -0.39 is 6.09 Å². The minimum atomic E-state index is -1.22. The van der Waals surface area contributed by atoms with Gasteiger partial charge in [-0.25, -0.2) is 4.79 Å². The fraction of sp³-hybridized carbons (Fsp3) is 0.286. The molecular weight excluding hydrogens is 468 g/mol. The van der Waals surface area contributed by atoms with Gasteiger partial charge in [0.25, 0.3) is 5.91 Å². The lowest BCUT2D eigenvalue weighted by molar-refractivity contribution is 0.102. The van der Waals surface area contributed by atoms with Gasteiger partial charge in [0.2, 0.25) is 0 Å². The van der Waals surface area contributed by atoms with Gasteiger partial charge in [-0.3, -0.25) is 20.0 Å². The van der Waals surface area contributed by atoms with Gasteiger partial charge >= 0.3 is 6.09 Å². The average molecular weight is 499 g/mol. The number of para-hydroxylation sites is 2. The van der Waals surface area contributed by atoms with Crippen LogP contribution >= 0.6 is 0 Å². The van der Waals surface area contributed by atoms with Crippen LogP contribution in [0, 0.1) is 11.3 Å². The highest BCUT2D eigenvalue weighted by Gasteiger charge is 2.17. The fourth-order valence-corrected chi connectivity index (χ4v) is 4.45. The summed E-state index contributed by atoms with van der Waals surface area (Å²) in [6.45, 7) is 8.23. The molecule has 2 heterocycles. The summed E-state index contributed by atoms with van der Waals surface area (Å²) in [7, 11) is 0. The lowest BCUT2D eigenvalue weighted by Gasteiger charge is -2.34. The molecule has 9 heteroatoms. The van der Waals surface area contributed by atoms with Crippen molar-refractivity contribution in [3.8, 4) is 17.3 Å². The predicted molar refractivity (Wildman–Crippen MR) is 142 cm³/mol. The molecule has 1 fully saturated rings. The van der Waals surface area contributed by atoms with Crippen LogP contribution in [0.25, 0.3) is 11.3 Å². The first-order valence-corrected chi connectivity index (χ1v) is 12.3. The van der Waals surface area contributed by atoms with E-state index >= 15 is 0 Å². The lowest BCUT2D eigenvalue weighted by Crippen LogP contribution is -2.45. The molecule has 0 atom stereocenters. The second kappa shape index (κ2) is 12.1. The van der Waals surface area contributed by atoms with Crippen LogP contribution < -0.4 is 10.6 Å². The third kappa shape index (κ3) is 6.70. The van der Waals surface area contributed by atoms with E-state index in [4.69, 9.17) is 5.11 Å². The Bertz CT molecular complexity index is 1290. The van der Waals surface area contributed by atoms with E-state index in [9.17, 15) is 14.9 Å². The highest BCUT2D eigenvalue weighted by molar-refractivity contribution is 6.07. The van der Waals surface area contributed by atoms with Gasteiger partial charge in [0.1, 0.15) is 6.07 Å². The zero-order valence-corrected chi connectivity index (χ0v) is 20.8. The fourth-order valence-electron chi connectivity index (χ4n) is 4.45. The Kier molecular flexibility index (Phi) is 8.46. The maximum Gasteiger partial charge on any atom is 0.409 e. The zero-order valence-electron chi connectivity index (χ0n) is 20.8. The maximum atomic E-state index is 12.8. The number of carbonyl (C=O) groups is 2. The number of benzene rings is 2. The van der Waals surface area contributed by atoms with Crippen LogP contribution in [0.2, 0.25) is 0 Å². The normalized spacial score (nSPS) is 14.1. The number of aromatic nitrogens is 1. The topological polar surface area (TPSA) is 122 Å². The molecule has 2 amide bonds. The number of anilines is 2. The van der Waals surface area contributed by atoms with Crippen molar-refractivity contribution in [1.29, 1.82) is 5.26 Å². The van der Waals surface area contributed by atoms with E-state index in [0.717, 1.165) is 50.4 Å². The summed E-state index contributed by atoms with van der Waals surface area (Å²) in [6, 6.07) is 17.6. The largest absolute Gasteiger partial charge is 0.465 e. The molecule has 4 rings (SSSR count). The number of nitrogens with zero attached hydrogens (tertiary/aromatic N) is 4. The van der Waals surface area contributed by atoms with Crippen molar-refractivity contribution in [3.63, 3.8) is 0 Å². The van der Waals surface area contributed by atoms with Gasteiger partial charge < -0.3 is 15.3 Å². The molecule has 190 valence electrons. The maximum absolute atomic E-state index is 12.8. The number of carbonyl (C=O) groups excluding carboxylic acids is 1. The monoisotopic (exact) mass is 498 g/mol. The number of nitrogens with one attached hydrogen (secondary N) is 2. The number of nitriles is 1. The van der Waals surface area contributed by atoms with Gasteiger partial charge in [-0.2, -0.15) is 5.26 Å². The highest BCUT2D eigenvalue weighted by atomic mass is 16.4. The van der Waals surface area contributed by atoms with E-state index in [1.54, 1.807) is 48.5 Å². The molecule has 9 nitrogen and oxygen atoms in total. The second-order valence-corrected chi connectivity index (χ2v) is 8.98. The second-order valence-electron chi connectivity index (χ2n) is 8.98. The number of amides is 2. The molecule has 0 bridgehead atoms. The Labute approximate surface area is 216 Å². The molecule has 0 saturated carbocycles. The number of carboxylic acid groups (broad SMARTS) is 1. The van der Waals surface area contributed by atoms with Gasteiger partial charge in [-0.15, -0.1) is 0 Å². The number of hydrogen-bond donors (Lipinski definition) is 3. The first-order chi connectivity index (χ1) is 18.0. The van der Waals surface area contributed by atoms with E-state index in [-0.39, 0.29) is 11.6 Å². The molecule has 1 aromatic heterocycles. The van der Waals surface area contributed by atoms with Crippen molar-refractivity contribution in [2.75, 3.05) is 43.4 Å². The summed E-state index contributed by atoms with van der Waals surface area (Å²) < 4.78 is 0. The molecule has 37 heavy (non-hydrogen) atoms. The number of piperazine rings is 1. The molecule has 2 aromatic carbocycles. The summed E-state index contributed by atoms with van der Waals surface area (Å²) in [4.78, 5) is 33.2. The first kappa shape index (κ1) is 25.8. The predicted octanol–water partition coefficient (Wildman–Crippen LogP) is 4.49. The summed E-state index contributed by atoms with van der Waals surface area (Å²) >= 11 is 0. The van der Waals surface area contributed by atoms with Gasteiger partial charge in [0.05, 0.1) is 22.6 Å². The van der Waals surface area contributed by atoms with E-state index in [1.165, 1.54) is 6.42 Å². The molecule has 3 aromatic rings. The molecule has 0 aliphatic carbocycles. The summed E-state index contributed by atoms with van der Waals surface area (Å²) in [6.07, 6.45) is 1.77. The number of rotatable bonds is 8. The zero-order chi connectivity index (χ0) is 26.2. The molecule has 1 aliphatic heterocycles. The van der Waals surface area contributed by atoms with Gasteiger partial charge in [-0.05, 0) is 48.9 Å². The number of hydrogen-bond acceptors (Lipinski definition) is 6. The lowest BCUT2D eigenvalue weighted by atomic mass is 10.0. The molecule has 3 N–H and O–H groups in total. The Morgan fingerprint density at radius 3 is 2.27 bits per heavy atom. The smallest absolute Gasteiger partial charge is 0.409 e. The molecule has 1 aliphatic rings. The molecule has 0 unspecified atom stereocenters. The Morgan fingerprint density at radius 2 is 1.65 bits per heavy atom. The van der Waals surface area contributed by atoms with Crippen molar-refractivity contribution in [2.45, 2.75) is 19.9 Å². The minimum Gasteiger partial charge on any atom is -0.465 e. The quantitative estimate of drug-likeness (QED) is 0.418. The van der Waals surface area contributed by atoms with Crippen LogP contribution in [0.1, 0.15) is 34.8 Å². The van der Waals surface area contributed by atoms with E-state index in [2.05, 4.69) is 38.4 Å². The van der Waals surface area contributed by atoms with Crippen molar-refractivity contribution < 1.29 is 14.7 Å². The molecular formula is C28H30N6O3. The SMILES string of the molecule is CCCN1CCN(Cc2cnc(-c3ccc(C(=O)Nc4ccccc4NC(=O)O)cc3)c(C#N)c2)CC1. The molecule has 1 saturated heterocycles. The van der Waals surface area contributed by atoms with Crippen molar-refractivity contribution in [3.05, 3.63) is 77.5 Å². The van der Waals surface area contributed by atoms with Crippen LogP contribution in [0.3, 0.4) is 0 Å². The summed E-state index contributed by atoms with van der Waals surface area (Å²) in [5, 5.41) is 23.8. The van der Waals surface area contributed by atoms with E-state index in [1.807, 2.05) is 12.3 Å². The van der Waals surface area contributed by atoms with Gasteiger partial charge in [0, 0.05) is 50.0 Å². The third-order valence-corrected chi connectivity index (χ3v) is 6.31. The molecule has 0 spiro atoms. The minimum absolute atomic E-state index is 0.283. The van der Waals surface area contributed by atoms with Crippen molar-refractivity contribution in [1.82, 2.24) is 14.8 Å². The van der Waals surface area contributed by atoms with Gasteiger partial charge in [-0.1, -0.05) is 31.2 Å². The first-order valence-electron chi connectivity index (χ1n) is 12.3. The van der Waals surface area contributed by atoms with E-state index in [0.29, 0.717) is 22.5 Å². The Balaban J connectivity index is 1.43. The van der Waals surface area contributed by atoms with Crippen LogP contribution in [0.15, 0.2) is 60.8 Å². The third-order valence-electron chi connectivity index (χ3n) is 6.31. The molecule has 0 radical (unpaired) electrons. The van der Waals surface area contributed by atoms with Crippen molar-refractivity contribution in [2.24, 2.45) is 0 Å².